The molecule has 0 aliphatic carbocycles. The second-order valence-corrected chi connectivity index (χ2v) is 7.32. The zero-order chi connectivity index (χ0) is 19.8. The largest absolute Gasteiger partial charge is 0.377 e. The molecule has 3 heterocycles. The van der Waals surface area contributed by atoms with Gasteiger partial charge < -0.3 is 10.6 Å². The fourth-order valence-corrected chi connectivity index (χ4v) is 4.30. The van der Waals surface area contributed by atoms with Crippen molar-refractivity contribution in [2.24, 2.45) is 0 Å². The summed E-state index contributed by atoms with van der Waals surface area (Å²) in [5.41, 5.74) is 5.13. The zero-order valence-electron chi connectivity index (χ0n) is 16.0. The Labute approximate surface area is 168 Å². The molecule has 2 unspecified atom stereocenters. The second kappa shape index (κ2) is 7.14. The first-order valence-electron chi connectivity index (χ1n) is 9.67. The topological polar surface area (TPSA) is 82.7 Å². The van der Waals surface area contributed by atoms with Crippen LogP contribution in [-0.4, -0.2) is 22.2 Å². The van der Waals surface area contributed by atoms with E-state index in [4.69, 9.17) is 0 Å². The van der Waals surface area contributed by atoms with Crippen molar-refractivity contribution in [3.63, 3.8) is 0 Å². The van der Waals surface area contributed by atoms with Crippen LogP contribution in [0, 0.1) is 0 Å². The molecule has 2 aromatic carbocycles. The predicted molar refractivity (Wildman–Crippen MR) is 114 cm³/mol. The van der Waals surface area contributed by atoms with E-state index in [1.54, 1.807) is 0 Å². The van der Waals surface area contributed by atoms with Gasteiger partial charge in [-0.3, -0.25) is 9.78 Å². The van der Waals surface area contributed by atoms with Crippen LogP contribution in [0.4, 0.5) is 5.69 Å². The maximum atomic E-state index is 12.4. The number of anilines is 1. The van der Waals surface area contributed by atoms with Crippen molar-refractivity contribution in [1.82, 2.24) is 20.5 Å². The van der Waals surface area contributed by atoms with Gasteiger partial charge in [-0.15, -0.1) is 0 Å². The summed E-state index contributed by atoms with van der Waals surface area (Å²) in [6, 6.07) is 18.3. The van der Waals surface area contributed by atoms with E-state index in [2.05, 4.69) is 50.1 Å². The number of H-pyrrole nitrogens is 1. The first kappa shape index (κ1) is 17.6. The molecule has 2 atom stereocenters. The quantitative estimate of drug-likeness (QED) is 0.503. The Morgan fingerprint density at radius 1 is 1.03 bits per heavy atom. The molecule has 29 heavy (non-hydrogen) atoms. The van der Waals surface area contributed by atoms with Crippen LogP contribution in [0.15, 0.2) is 71.8 Å². The van der Waals surface area contributed by atoms with Crippen LogP contribution in [0.3, 0.4) is 0 Å². The first-order valence-corrected chi connectivity index (χ1v) is 9.67. The fourth-order valence-electron chi connectivity index (χ4n) is 4.30. The number of rotatable bonds is 4. The lowest BCUT2D eigenvalue weighted by Gasteiger charge is -2.34. The Hall–Kier alpha value is -3.51. The van der Waals surface area contributed by atoms with Crippen LogP contribution in [0.2, 0.25) is 0 Å². The molecule has 0 radical (unpaired) electrons. The molecule has 0 fully saturated rings. The van der Waals surface area contributed by atoms with Crippen LogP contribution in [0.25, 0.3) is 10.8 Å². The smallest absolute Gasteiger partial charge is 0.272 e. The number of aromatic nitrogens is 3. The standard InChI is InChI=1S/C23H21N5O/c1-24-13-14-4-2-5-16(12-14)19-21(15-8-10-25-11-9-15)26-18-7-3-6-17-20(18)22(19)27-28-23(17)29/h2-12,19,21,24,26H,13H2,1H3,(H,28,29). The van der Waals surface area contributed by atoms with Gasteiger partial charge in [0.1, 0.15) is 0 Å². The molecule has 2 aromatic heterocycles. The lowest BCUT2D eigenvalue weighted by Crippen LogP contribution is -2.28. The summed E-state index contributed by atoms with van der Waals surface area (Å²) in [5, 5.41) is 15.7. The van der Waals surface area contributed by atoms with Crippen molar-refractivity contribution in [1.29, 1.82) is 0 Å². The van der Waals surface area contributed by atoms with Gasteiger partial charge in [0.15, 0.2) is 0 Å². The summed E-state index contributed by atoms with van der Waals surface area (Å²) >= 11 is 0. The Balaban J connectivity index is 1.77. The monoisotopic (exact) mass is 383 g/mol. The lowest BCUT2D eigenvalue weighted by atomic mass is 9.80. The Morgan fingerprint density at radius 2 is 1.86 bits per heavy atom. The van der Waals surface area contributed by atoms with Crippen LogP contribution in [0.5, 0.6) is 0 Å². The molecule has 4 aromatic rings. The van der Waals surface area contributed by atoms with Crippen molar-refractivity contribution in [2.45, 2.75) is 18.5 Å². The van der Waals surface area contributed by atoms with Gasteiger partial charge in [0, 0.05) is 30.0 Å². The normalized spacial score (nSPS) is 17.8. The SMILES string of the molecule is CNCc1cccc(C2c3n[nH]c(=O)c4cccc(c34)NC2c2ccncc2)c1. The van der Waals surface area contributed by atoms with E-state index in [0.717, 1.165) is 34.4 Å². The average Bonchev–Trinajstić information content (AvgIpc) is 2.77. The molecule has 144 valence electrons. The molecule has 6 heteroatoms. The van der Waals surface area contributed by atoms with Crippen molar-refractivity contribution >= 4 is 16.5 Å². The molecule has 0 amide bonds. The first-order chi connectivity index (χ1) is 14.3. The van der Waals surface area contributed by atoms with Crippen LogP contribution >= 0.6 is 0 Å². The number of benzene rings is 2. The van der Waals surface area contributed by atoms with Crippen molar-refractivity contribution in [3.8, 4) is 0 Å². The van der Waals surface area contributed by atoms with Crippen LogP contribution in [-0.2, 0) is 6.54 Å². The number of pyridine rings is 1. The van der Waals surface area contributed by atoms with E-state index in [1.165, 1.54) is 5.56 Å². The minimum absolute atomic E-state index is 0.0284. The maximum absolute atomic E-state index is 12.4. The average molecular weight is 383 g/mol. The van der Waals surface area contributed by atoms with E-state index in [9.17, 15) is 4.79 Å². The molecule has 1 aliphatic heterocycles. The van der Waals surface area contributed by atoms with Gasteiger partial charge in [0.05, 0.1) is 23.0 Å². The highest BCUT2D eigenvalue weighted by Crippen LogP contribution is 2.46. The summed E-state index contributed by atoms with van der Waals surface area (Å²) in [7, 11) is 1.94. The van der Waals surface area contributed by atoms with Crippen molar-refractivity contribution in [2.75, 3.05) is 12.4 Å². The molecular formula is C23H21N5O. The highest BCUT2D eigenvalue weighted by molar-refractivity contribution is 5.97. The summed E-state index contributed by atoms with van der Waals surface area (Å²) in [4.78, 5) is 16.6. The third-order valence-corrected chi connectivity index (χ3v) is 5.54. The molecule has 3 N–H and O–H groups in total. The van der Waals surface area contributed by atoms with Crippen LogP contribution in [0.1, 0.15) is 34.3 Å². The molecule has 0 bridgehead atoms. The van der Waals surface area contributed by atoms with E-state index in [0.29, 0.717) is 5.39 Å². The third kappa shape index (κ3) is 2.98. The van der Waals surface area contributed by atoms with E-state index in [-0.39, 0.29) is 17.5 Å². The second-order valence-electron chi connectivity index (χ2n) is 7.32. The lowest BCUT2D eigenvalue weighted by molar-refractivity contribution is 0.636. The maximum Gasteiger partial charge on any atom is 0.272 e. The summed E-state index contributed by atoms with van der Waals surface area (Å²) in [6.45, 7) is 0.791. The molecule has 6 nitrogen and oxygen atoms in total. The molecule has 0 spiro atoms. The van der Waals surface area contributed by atoms with Gasteiger partial charge in [-0.2, -0.15) is 5.10 Å². The summed E-state index contributed by atoms with van der Waals surface area (Å²) in [6.07, 6.45) is 3.61. The molecular weight excluding hydrogens is 362 g/mol. The number of aromatic amines is 1. The van der Waals surface area contributed by atoms with Gasteiger partial charge >= 0.3 is 0 Å². The Morgan fingerprint density at radius 3 is 2.69 bits per heavy atom. The fraction of sp³-hybridized carbons (Fsp3) is 0.174. The van der Waals surface area contributed by atoms with Gasteiger partial charge in [-0.05, 0) is 48.0 Å². The molecule has 1 aliphatic rings. The van der Waals surface area contributed by atoms with Crippen molar-refractivity contribution in [3.05, 3.63) is 99.7 Å². The van der Waals surface area contributed by atoms with E-state index in [1.807, 2.05) is 49.8 Å². The highest BCUT2D eigenvalue weighted by Gasteiger charge is 2.34. The number of nitrogens with zero attached hydrogens (tertiary/aromatic N) is 2. The van der Waals surface area contributed by atoms with Gasteiger partial charge in [0.25, 0.3) is 5.56 Å². The Bertz CT molecular complexity index is 1230. The molecule has 5 rings (SSSR count). The Kier molecular flexibility index (Phi) is 4.33. The summed E-state index contributed by atoms with van der Waals surface area (Å²) in [5.74, 6) is -0.0524. The summed E-state index contributed by atoms with van der Waals surface area (Å²) < 4.78 is 0. The minimum atomic E-state index is -0.169. The molecule has 0 saturated carbocycles. The third-order valence-electron chi connectivity index (χ3n) is 5.54. The van der Waals surface area contributed by atoms with Crippen LogP contribution < -0.4 is 16.2 Å². The van der Waals surface area contributed by atoms with Gasteiger partial charge in [-0.1, -0.05) is 30.3 Å². The zero-order valence-corrected chi connectivity index (χ0v) is 16.0. The van der Waals surface area contributed by atoms with Gasteiger partial charge in [0.2, 0.25) is 0 Å². The van der Waals surface area contributed by atoms with Crippen molar-refractivity contribution < 1.29 is 0 Å². The minimum Gasteiger partial charge on any atom is -0.377 e. The predicted octanol–water partition coefficient (Wildman–Crippen LogP) is 3.34. The highest BCUT2D eigenvalue weighted by atomic mass is 16.1. The number of hydrogen-bond donors (Lipinski definition) is 3. The molecule has 0 saturated heterocycles. The van der Waals surface area contributed by atoms with Gasteiger partial charge in [-0.25, -0.2) is 5.10 Å². The van der Waals surface area contributed by atoms with E-state index < -0.39 is 0 Å². The van der Waals surface area contributed by atoms with E-state index >= 15 is 0 Å². The number of nitrogens with one attached hydrogen (secondary N) is 3. The number of hydrogen-bond acceptors (Lipinski definition) is 5.